The van der Waals surface area contributed by atoms with Crippen molar-refractivity contribution in [3.63, 3.8) is 0 Å². The Labute approximate surface area is 166 Å². The van der Waals surface area contributed by atoms with Gasteiger partial charge in [0.05, 0.1) is 28.4 Å². The van der Waals surface area contributed by atoms with Crippen LogP contribution in [0, 0.1) is 0 Å². The molecule has 1 aromatic heterocycles. The Bertz CT molecular complexity index is 1260. The van der Waals surface area contributed by atoms with E-state index in [0.717, 1.165) is 0 Å². The fourth-order valence-corrected chi connectivity index (χ4v) is 4.01. The summed E-state index contributed by atoms with van der Waals surface area (Å²) in [6, 6.07) is 18.3. The summed E-state index contributed by atoms with van der Waals surface area (Å²) in [4.78, 5) is 1.62. The third-order valence-electron chi connectivity index (χ3n) is 4.05. The van der Waals surface area contributed by atoms with Crippen LogP contribution in [0.1, 0.15) is 0 Å². The van der Waals surface area contributed by atoms with Gasteiger partial charge in [-0.05, 0) is 48.5 Å². The molecule has 0 saturated heterocycles. The maximum atomic E-state index is 12.5. The number of ether oxygens (including phenoxy) is 1. The molecule has 0 saturated carbocycles. The minimum atomic E-state index is -3.68. The first-order chi connectivity index (χ1) is 13.5. The number of anilines is 1. The number of hydrogen-bond donors (Lipinski definition) is 1. The number of sulfonamides is 1. The zero-order chi connectivity index (χ0) is 19.7. The van der Waals surface area contributed by atoms with Crippen molar-refractivity contribution in [2.24, 2.45) is 0 Å². The Balaban J connectivity index is 1.66. The highest BCUT2D eigenvalue weighted by molar-refractivity contribution is 7.92. The first-order valence-corrected chi connectivity index (χ1v) is 10.1. The lowest BCUT2D eigenvalue weighted by molar-refractivity contribution is 0.415. The van der Waals surface area contributed by atoms with Gasteiger partial charge < -0.3 is 4.74 Å². The van der Waals surface area contributed by atoms with Crippen LogP contribution >= 0.6 is 11.6 Å². The van der Waals surface area contributed by atoms with E-state index in [1.165, 1.54) is 16.9 Å². The fraction of sp³-hybridized carbons (Fsp3) is 0.0526. The summed E-state index contributed by atoms with van der Waals surface area (Å²) >= 11 is 6.16. The minimum absolute atomic E-state index is 0.187. The first kappa shape index (κ1) is 18.3. The molecule has 0 aliphatic rings. The maximum absolute atomic E-state index is 12.5. The van der Waals surface area contributed by atoms with Crippen LogP contribution in [0.5, 0.6) is 5.75 Å². The van der Waals surface area contributed by atoms with Crippen LogP contribution < -0.4 is 9.46 Å². The van der Waals surface area contributed by atoms with Crippen molar-refractivity contribution in [2.75, 3.05) is 11.8 Å². The average molecular weight is 415 g/mol. The summed E-state index contributed by atoms with van der Waals surface area (Å²) in [6.07, 6.45) is 0. The number of rotatable bonds is 5. The second-order valence-corrected chi connectivity index (χ2v) is 8.02. The molecule has 142 valence electrons. The monoisotopic (exact) mass is 414 g/mol. The average Bonchev–Trinajstić information content (AvgIpc) is 3.11. The van der Waals surface area contributed by atoms with Gasteiger partial charge in [0.2, 0.25) is 0 Å². The van der Waals surface area contributed by atoms with Crippen LogP contribution in [0.2, 0.25) is 5.02 Å². The van der Waals surface area contributed by atoms with E-state index < -0.39 is 10.0 Å². The molecule has 7 nitrogen and oxygen atoms in total. The molecule has 0 aliphatic carbocycles. The summed E-state index contributed by atoms with van der Waals surface area (Å²) in [5, 5.41) is 9.26. The van der Waals surface area contributed by atoms with E-state index in [1.807, 2.05) is 0 Å². The summed E-state index contributed by atoms with van der Waals surface area (Å²) in [5.41, 5.74) is 2.22. The molecule has 0 spiro atoms. The second kappa shape index (κ2) is 7.14. The Kier molecular flexibility index (Phi) is 4.66. The van der Waals surface area contributed by atoms with Gasteiger partial charge in [-0.2, -0.15) is 4.80 Å². The van der Waals surface area contributed by atoms with E-state index in [1.54, 1.807) is 61.7 Å². The van der Waals surface area contributed by atoms with E-state index in [0.29, 0.717) is 33.2 Å². The Hall–Kier alpha value is -3.10. The van der Waals surface area contributed by atoms with Crippen molar-refractivity contribution in [3.8, 4) is 11.4 Å². The molecule has 28 heavy (non-hydrogen) atoms. The normalized spacial score (nSPS) is 11.5. The summed E-state index contributed by atoms with van der Waals surface area (Å²) in [5.74, 6) is 0.555. The summed E-state index contributed by atoms with van der Waals surface area (Å²) in [7, 11) is -2.14. The van der Waals surface area contributed by atoms with Crippen molar-refractivity contribution < 1.29 is 13.2 Å². The van der Waals surface area contributed by atoms with Crippen LogP contribution in [0.25, 0.3) is 16.7 Å². The molecular weight excluding hydrogens is 400 g/mol. The van der Waals surface area contributed by atoms with Gasteiger partial charge in [0, 0.05) is 0 Å². The fourth-order valence-electron chi connectivity index (χ4n) is 2.69. The van der Waals surface area contributed by atoms with Gasteiger partial charge >= 0.3 is 0 Å². The van der Waals surface area contributed by atoms with E-state index in [2.05, 4.69) is 14.9 Å². The van der Waals surface area contributed by atoms with Gasteiger partial charge in [-0.15, -0.1) is 10.2 Å². The quantitative estimate of drug-likeness (QED) is 0.535. The van der Waals surface area contributed by atoms with Gasteiger partial charge in [0.1, 0.15) is 16.8 Å². The molecule has 4 aromatic rings. The zero-order valence-electron chi connectivity index (χ0n) is 14.7. The number of aromatic nitrogens is 3. The zero-order valence-corrected chi connectivity index (χ0v) is 16.3. The number of fused-ring (bicyclic) bond motifs is 1. The Morgan fingerprint density at radius 1 is 0.964 bits per heavy atom. The molecule has 1 heterocycles. The molecule has 0 unspecified atom stereocenters. The molecular formula is C19H15ClN4O3S. The van der Waals surface area contributed by atoms with Crippen LogP contribution in [0.4, 0.5) is 5.69 Å². The Morgan fingerprint density at radius 2 is 1.71 bits per heavy atom. The summed E-state index contributed by atoms with van der Waals surface area (Å²) in [6.45, 7) is 0. The Morgan fingerprint density at radius 3 is 2.43 bits per heavy atom. The lowest BCUT2D eigenvalue weighted by Crippen LogP contribution is -2.12. The van der Waals surface area contributed by atoms with Crippen molar-refractivity contribution in [3.05, 3.63) is 71.8 Å². The van der Waals surface area contributed by atoms with Gasteiger partial charge in [0.25, 0.3) is 10.0 Å². The number of nitrogens with zero attached hydrogens (tertiary/aromatic N) is 3. The van der Waals surface area contributed by atoms with E-state index in [4.69, 9.17) is 16.3 Å². The molecule has 1 N–H and O–H groups in total. The minimum Gasteiger partial charge on any atom is -0.495 e. The predicted octanol–water partition coefficient (Wildman–Crippen LogP) is 3.88. The highest BCUT2D eigenvalue weighted by atomic mass is 35.5. The maximum Gasteiger partial charge on any atom is 0.261 e. The first-order valence-electron chi connectivity index (χ1n) is 8.25. The smallest absolute Gasteiger partial charge is 0.261 e. The van der Waals surface area contributed by atoms with E-state index in [9.17, 15) is 8.42 Å². The lowest BCUT2D eigenvalue weighted by atomic mass is 10.3. The second-order valence-electron chi connectivity index (χ2n) is 5.93. The molecule has 0 bridgehead atoms. The molecule has 0 aliphatic heterocycles. The number of benzene rings is 3. The standard InChI is InChI=1S/C19H15ClN4O3S/c1-27-19-10-8-14(12-16(19)20)24-21-17-9-7-13(11-18(17)22-24)23-28(25,26)15-5-3-2-4-6-15/h2-12,23H,1H3. The van der Waals surface area contributed by atoms with Crippen molar-refractivity contribution in [1.82, 2.24) is 15.0 Å². The third kappa shape index (κ3) is 3.51. The topological polar surface area (TPSA) is 86.1 Å². The summed E-state index contributed by atoms with van der Waals surface area (Å²) < 4.78 is 32.7. The van der Waals surface area contributed by atoms with Crippen molar-refractivity contribution in [2.45, 2.75) is 4.90 Å². The van der Waals surface area contributed by atoms with E-state index in [-0.39, 0.29) is 4.90 Å². The predicted molar refractivity (Wildman–Crippen MR) is 108 cm³/mol. The number of hydrogen-bond acceptors (Lipinski definition) is 5. The highest BCUT2D eigenvalue weighted by Gasteiger charge is 2.15. The van der Waals surface area contributed by atoms with Gasteiger partial charge in [-0.3, -0.25) is 4.72 Å². The molecule has 9 heteroatoms. The third-order valence-corrected chi connectivity index (χ3v) is 5.74. The van der Waals surface area contributed by atoms with E-state index >= 15 is 0 Å². The van der Waals surface area contributed by atoms with Gasteiger partial charge in [0.15, 0.2) is 0 Å². The largest absolute Gasteiger partial charge is 0.495 e. The molecule has 0 fully saturated rings. The van der Waals surface area contributed by atoms with Gasteiger partial charge in [-0.25, -0.2) is 8.42 Å². The molecule has 0 amide bonds. The molecule has 4 rings (SSSR count). The van der Waals surface area contributed by atoms with Crippen LogP contribution in [0.15, 0.2) is 71.6 Å². The van der Waals surface area contributed by atoms with Crippen molar-refractivity contribution >= 4 is 38.3 Å². The number of nitrogens with one attached hydrogen (secondary N) is 1. The lowest BCUT2D eigenvalue weighted by Gasteiger charge is -2.07. The molecule has 0 atom stereocenters. The van der Waals surface area contributed by atoms with Crippen LogP contribution in [-0.2, 0) is 10.0 Å². The number of halogens is 1. The van der Waals surface area contributed by atoms with Crippen molar-refractivity contribution in [1.29, 1.82) is 0 Å². The van der Waals surface area contributed by atoms with Crippen LogP contribution in [0.3, 0.4) is 0 Å². The molecule has 3 aromatic carbocycles. The SMILES string of the molecule is COc1ccc(-n2nc3ccc(NS(=O)(=O)c4ccccc4)cc3n2)cc1Cl. The molecule has 0 radical (unpaired) electrons. The van der Waals surface area contributed by atoms with Crippen LogP contribution in [-0.4, -0.2) is 30.5 Å². The number of methoxy groups -OCH3 is 1. The highest BCUT2D eigenvalue weighted by Crippen LogP contribution is 2.27. The van der Waals surface area contributed by atoms with Gasteiger partial charge in [-0.1, -0.05) is 29.8 Å².